The third-order valence-electron chi connectivity index (χ3n) is 4.24. The van der Waals surface area contributed by atoms with Gasteiger partial charge in [-0.3, -0.25) is 9.97 Å². The summed E-state index contributed by atoms with van der Waals surface area (Å²) in [5.41, 5.74) is 0.462. The van der Waals surface area contributed by atoms with Gasteiger partial charge in [-0.1, -0.05) is 48.5 Å². The van der Waals surface area contributed by atoms with Crippen LogP contribution in [0.3, 0.4) is 0 Å². The molecule has 0 unspecified atom stereocenters. The minimum Gasteiger partial charge on any atom is -0.373 e. The second-order valence-corrected chi connectivity index (χ2v) is 5.70. The molecule has 0 atom stereocenters. The minimum atomic E-state index is -1.40. The van der Waals surface area contributed by atoms with Crippen molar-refractivity contribution in [2.45, 2.75) is 5.60 Å². The molecule has 2 aromatic heterocycles. The molecule has 4 rings (SSSR count). The van der Waals surface area contributed by atoms with Gasteiger partial charge in [0.1, 0.15) is 0 Å². The molecule has 0 saturated heterocycles. The van der Waals surface area contributed by atoms with Gasteiger partial charge in [0.2, 0.25) is 0 Å². The van der Waals surface area contributed by atoms with Crippen molar-refractivity contribution in [2.75, 3.05) is 0 Å². The highest BCUT2D eigenvalue weighted by Crippen LogP contribution is 2.35. The van der Waals surface area contributed by atoms with Crippen LogP contribution in [0, 0.1) is 0 Å². The third-order valence-corrected chi connectivity index (χ3v) is 4.24. The van der Waals surface area contributed by atoms with Crippen molar-refractivity contribution >= 4 is 10.8 Å². The Labute approximate surface area is 140 Å². The molecule has 4 aromatic rings. The van der Waals surface area contributed by atoms with Crippen molar-refractivity contribution in [3.8, 4) is 0 Å². The highest BCUT2D eigenvalue weighted by Gasteiger charge is 2.36. The molecule has 24 heavy (non-hydrogen) atoms. The first kappa shape index (κ1) is 14.5. The van der Waals surface area contributed by atoms with Gasteiger partial charge < -0.3 is 5.11 Å². The fourth-order valence-corrected chi connectivity index (χ4v) is 2.99. The summed E-state index contributed by atoms with van der Waals surface area (Å²) < 4.78 is 0. The van der Waals surface area contributed by atoms with E-state index in [1.54, 1.807) is 12.4 Å². The maximum absolute atomic E-state index is 11.7. The molecule has 0 radical (unpaired) electrons. The van der Waals surface area contributed by atoms with Gasteiger partial charge >= 0.3 is 0 Å². The molecule has 0 aliphatic rings. The molecule has 3 heteroatoms. The zero-order valence-electron chi connectivity index (χ0n) is 13.0. The normalized spacial score (nSPS) is 11.5. The van der Waals surface area contributed by atoms with Crippen LogP contribution in [0.1, 0.15) is 17.0 Å². The number of hydrogen-bond acceptors (Lipinski definition) is 3. The molecule has 116 valence electrons. The zero-order chi connectivity index (χ0) is 16.4. The van der Waals surface area contributed by atoms with Gasteiger partial charge in [-0.2, -0.15) is 0 Å². The van der Waals surface area contributed by atoms with Gasteiger partial charge in [0.05, 0.1) is 11.4 Å². The summed E-state index contributed by atoms with van der Waals surface area (Å²) in [7, 11) is 0. The monoisotopic (exact) mass is 312 g/mol. The number of aliphatic hydroxyl groups is 1. The Balaban J connectivity index is 1.98. The number of hydrogen-bond donors (Lipinski definition) is 1. The molecular weight excluding hydrogens is 296 g/mol. The Bertz CT molecular complexity index is 929. The van der Waals surface area contributed by atoms with Crippen LogP contribution in [0.5, 0.6) is 0 Å². The maximum atomic E-state index is 11.7. The Hall–Kier alpha value is -3.04. The third kappa shape index (κ3) is 2.36. The summed E-state index contributed by atoms with van der Waals surface area (Å²) in [6.07, 6.45) is 3.37. The zero-order valence-corrected chi connectivity index (χ0v) is 13.0. The first-order valence-corrected chi connectivity index (χ1v) is 7.83. The lowest BCUT2D eigenvalue weighted by Gasteiger charge is -2.28. The molecule has 2 heterocycles. The summed E-state index contributed by atoms with van der Waals surface area (Å²) in [6.45, 7) is 0. The number of benzene rings is 2. The Morgan fingerprint density at radius 2 is 1.21 bits per heavy atom. The van der Waals surface area contributed by atoms with Crippen LogP contribution in [0.25, 0.3) is 10.8 Å². The van der Waals surface area contributed by atoms with Gasteiger partial charge in [0.25, 0.3) is 0 Å². The van der Waals surface area contributed by atoms with E-state index in [0.717, 1.165) is 16.3 Å². The molecule has 0 aliphatic carbocycles. The minimum absolute atomic E-state index is 0.555. The van der Waals surface area contributed by atoms with Gasteiger partial charge in [-0.05, 0) is 46.7 Å². The van der Waals surface area contributed by atoms with Gasteiger partial charge in [-0.15, -0.1) is 0 Å². The number of rotatable bonds is 3. The Morgan fingerprint density at radius 3 is 1.79 bits per heavy atom. The summed E-state index contributed by atoms with van der Waals surface area (Å²) in [6, 6.07) is 25.1. The van der Waals surface area contributed by atoms with Gasteiger partial charge in [-0.25, -0.2) is 0 Å². The van der Waals surface area contributed by atoms with Crippen LogP contribution in [-0.2, 0) is 5.60 Å². The predicted molar refractivity (Wildman–Crippen MR) is 94.5 cm³/mol. The summed E-state index contributed by atoms with van der Waals surface area (Å²) in [5.74, 6) is 0. The maximum Gasteiger partial charge on any atom is 0.174 e. The van der Waals surface area contributed by atoms with Crippen molar-refractivity contribution in [1.82, 2.24) is 9.97 Å². The van der Waals surface area contributed by atoms with Crippen LogP contribution in [0.2, 0.25) is 0 Å². The fraction of sp³-hybridized carbons (Fsp3) is 0.0476. The Morgan fingerprint density at radius 1 is 0.625 bits per heavy atom. The number of fused-ring (bicyclic) bond motifs is 1. The van der Waals surface area contributed by atoms with E-state index in [1.807, 2.05) is 72.8 Å². The smallest absolute Gasteiger partial charge is 0.174 e. The molecule has 0 spiro atoms. The van der Waals surface area contributed by atoms with Crippen molar-refractivity contribution in [3.05, 3.63) is 108 Å². The van der Waals surface area contributed by atoms with Crippen molar-refractivity contribution in [2.24, 2.45) is 0 Å². The van der Waals surface area contributed by atoms with Crippen molar-refractivity contribution < 1.29 is 5.11 Å². The van der Waals surface area contributed by atoms with Crippen LogP contribution in [0.15, 0.2) is 91.3 Å². The summed E-state index contributed by atoms with van der Waals surface area (Å²) in [5, 5.41) is 13.9. The molecule has 2 aromatic carbocycles. The lowest BCUT2D eigenvalue weighted by atomic mass is 9.85. The quantitative estimate of drug-likeness (QED) is 0.624. The molecule has 1 N–H and O–H groups in total. The molecule has 0 aliphatic heterocycles. The van der Waals surface area contributed by atoms with Crippen LogP contribution < -0.4 is 0 Å². The van der Waals surface area contributed by atoms with Crippen molar-refractivity contribution in [3.63, 3.8) is 0 Å². The molecule has 0 saturated carbocycles. The van der Waals surface area contributed by atoms with E-state index >= 15 is 0 Å². The van der Waals surface area contributed by atoms with E-state index in [1.165, 1.54) is 0 Å². The topological polar surface area (TPSA) is 46.0 Å². The first-order chi connectivity index (χ1) is 11.8. The predicted octanol–water partition coefficient (Wildman–Crippen LogP) is 3.91. The van der Waals surface area contributed by atoms with Crippen LogP contribution in [-0.4, -0.2) is 15.1 Å². The molecule has 0 bridgehead atoms. The molecule has 3 nitrogen and oxygen atoms in total. The van der Waals surface area contributed by atoms with Crippen molar-refractivity contribution in [1.29, 1.82) is 0 Å². The van der Waals surface area contributed by atoms with Gasteiger partial charge in [0, 0.05) is 12.4 Å². The molecule has 0 fully saturated rings. The molecule has 0 amide bonds. The number of aromatic nitrogens is 2. The number of pyridine rings is 2. The lowest BCUT2D eigenvalue weighted by Crippen LogP contribution is -2.31. The van der Waals surface area contributed by atoms with Crippen LogP contribution >= 0.6 is 0 Å². The van der Waals surface area contributed by atoms with E-state index in [2.05, 4.69) is 16.0 Å². The van der Waals surface area contributed by atoms with E-state index < -0.39 is 5.60 Å². The van der Waals surface area contributed by atoms with Gasteiger partial charge in [0.15, 0.2) is 5.60 Å². The fourth-order valence-electron chi connectivity index (χ4n) is 2.99. The SMILES string of the molecule is OC(c1ccc2ccccc2c1)(c1ccccn1)c1ccccn1. The van der Waals surface area contributed by atoms with E-state index in [-0.39, 0.29) is 0 Å². The van der Waals surface area contributed by atoms with E-state index in [9.17, 15) is 5.11 Å². The second kappa shape index (κ2) is 5.87. The summed E-state index contributed by atoms with van der Waals surface area (Å²) >= 11 is 0. The first-order valence-electron chi connectivity index (χ1n) is 7.83. The Kier molecular flexibility index (Phi) is 3.56. The second-order valence-electron chi connectivity index (χ2n) is 5.70. The summed E-state index contributed by atoms with van der Waals surface area (Å²) in [4.78, 5) is 8.79. The lowest BCUT2D eigenvalue weighted by molar-refractivity contribution is 0.116. The largest absolute Gasteiger partial charge is 0.373 e. The molecular formula is C21H16N2O. The average molecular weight is 312 g/mol. The average Bonchev–Trinajstić information content (AvgIpc) is 2.68. The highest BCUT2D eigenvalue weighted by molar-refractivity contribution is 5.83. The standard InChI is InChI=1S/C21H16N2O/c24-21(19-9-3-5-13-22-19,20-10-4-6-14-23-20)18-12-11-16-7-1-2-8-17(16)15-18/h1-15,24H. The highest BCUT2D eigenvalue weighted by atomic mass is 16.3. The van der Waals surface area contributed by atoms with E-state index in [0.29, 0.717) is 11.4 Å². The number of nitrogens with zero attached hydrogens (tertiary/aromatic N) is 2. The van der Waals surface area contributed by atoms with Crippen LogP contribution in [0.4, 0.5) is 0 Å². The van der Waals surface area contributed by atoms with E-state index in [4.69, 9.17) is 0 Å².